The molecular weight excluding hydrogens is 378 g/mol. The third-order valence-electron chi connectivity index (χ3n) is 5.57. The van der Waals surface area contributed by atoms with Crippen LogP contribution in [0.25, 0.3) is 16.9 Å². The first kappa shape index (κ1) is 20.0. The summed E-state index contributed by atoms with van der Waals surface area (Å²) in [5.74, 6) is 1.83. The van der Waals surface area contributed by atoms with Crippen molar-refractivity contribution in [2.45, 2.75) is 19.8 Å². The lowest BCUT2D eigenvalue weighted by molar-refractivity contribution is 0.0684. The molecule has 30 heavy (non-hydrogen) atoms. The number of likely N-dealkylation sites (tertiary alicyclic amines) is 1. The number of ether oxygens (including phenoxy) is 2. The lowest BCUT2D eigenvalue weighted by atomic mass is 9.99. The number of rotatable bonds is 5. The molecule has 0 spiro atoms. The van der Waals surface area contributed by atoms with Crippen LogP contribution in [0.5, 0.6) is 11.5 Å². The second-order valence-corrected chi connectivity index (χ2v) is 7.74. The molecule has 0 aliphatic carbocycles. The minimum Gasteiger partial charge on any atom is -0.497 e. The Labute approximate surface area is 177 Å². The number of piperidine rings is 1. The molecule has 1 unspecified atom stereocenters. The Morgan fingerprint density at radius 1 is 1.10 bits per heavy atom. The normalized spacial score (nSPS) is 16.4. The zero-order chi connectivity index (χ0) is 21.1. The smallest absolute Gasteiger partial charge is 0.257 e. The van der Waals surface area contributed by atoms with Gasteiger partial charge in [-0.1, -0.05) is 25.1 Å². The number of carbonyl (C=O) groups excluding carboxylic acids is 1. The first-order valence-electron chi connectivity index (χ1n) is 10.3. The Bertz CT molecular complexity index is 1030. The first-order valence-corrected chi connectivity index (χ1v) is 10.3. The highest BCUT2D eigenvalue weighted by Gasteiger charge is 2.28. The van der Waals surface area contributed by atoms with Crippen LogP contribution in [0, 0.1) is 5.92 Å². The Morgan fingerprint density at radius 2 is 1.90 bits per heavy atom. The third kappa shape index (κ3) is 3.90. The van der Waals surface area contributed by atoms with Crippen molar-refractivity contribution in [3.63, 3.8) is 0 Å². The SMILES string of the molecule is COc1ccc(-c2nn(-c3ccccc3)cc2C(=O)N2CCCC(C)C2)c(OC)c1. The Balaban J connectivity index is 1.82. The molecule has 0 saturated carbocycles. The number of benzene rings is 2. The van der Waals surface area contributed by atoms with E-state index in [0.29, 0.717) is 28.7 Å². The van der Waals surface area contributed by atoms with E-state index in [1.807, 2.05) is 59.6 Å². The maximum atomic E-state index is 13.5. The van der Waals surface area contributed by atoms with Crippen LogP contribution in [0.1, 0.15) is 30.1 Å². The van der Waals surface area contributed by atoms with Crippen molar-refractivity contribution in [1.29, 1.82) is 0 Å². The summed E-state index contributed by atoms with van der Waals surface area (Å²) < 4.78 is 12.7. The number of aromatic nitrogens is 2. The van der Waals surface area contributed by atoms with Crippen LogP contribution in [-0.4, -0.2) is 47.9 Å². The highest BCUT2D eigenvalue weighted by Crippen LogP contribution is 2.35. The van der Waals surface area contributed by atoms with Gasteiger partial charge in [-0.2, -0.15) is 5.10 Å². The highest BCUT2D eigenvalue weighted by molar-refractivity contribution is 6.00. The maximum absolute atomic E-state index is 13.5. The number of carbonyl (C=O) groups is 1. The second-order valence-electron chi connectivity index (χ2n) is 7.74. The molecule has 0 N–H and O–H groups in total. The van der Waals surface area contributed by atoms with E-state index in [9.17, 15) is 4.79 Å². The number of methoxy groups -OCH3 is 2. The van der Waals surface area contributed by atoms with E-state index >= 15 is 0 Å². The van der Waals surface area contributed by atoms with Crippen molar-refractivity contribution in [1.82, 2.24) is 14.7 Å². The molecule has 1 saturated heterocycles. The number of para-hydroxylation sites is 1. The Morgan fingerprint density at radius 3 is 2.60 bits per heavy atom. The summed E-state index contributed by atoms with van der Waals surface area (Å²) in [4.78, 5) is 15.5. The molecule has 6 nitrogen and oxygen atoms in total. The molecule has 1 aromatic heterocycles. The quantitative estimate of drug-likeness (QED) is 0.630. The van der Waals surface area contributed by atoms with Crippen LogP contribution in [0.4, 0.5) is 0 Å². The van der Waals surface area contributed by atoms with Crippen LogP contribution in [0.3, 0.4) is 0 Å². The van der Waals surface area contributed by atoms with E-state index in [1.165, 1.54) is 0 Å². The molecule has 6 heteroatoms. The minimum absolute atomic E-state index is 0.0107. The van der Waals surface area contributed by atoms with Gasteiger partial charge in [-0.25, -0.2) is 4.68 Å². The van der Waals surface area contributed by atoms with Crippen LogP contribution < -0.4 is 9.47 Å². The van der Waals surface area contributed by atoms with Gasteiger partial charge in [0.2, 0.25) is 0 Å². The van der Waals surface area contributed by atoms with Crippen molar-refractivity contribution in [3.8, 4) is 28.4 Å². The molecule has 1 amide bonds. The van der Waals surface area contributed by atoms with Gasteiger partial charge in [0.25, 0.3) is 5.91 Å². The van der Waals surface area contributed by atoms with E-state index in [2.05, 4.69) is 6.92 Å². The highest BCUT2D eigenvalue weighted by atomic mass is 16.5. The van der Waals surface area contributed by atoms with Crippen LogP contribution in [-0.2, 0) is 0 Å². The number of nitrogens with zero attached hydrogens (tertiary/aromatic N) is 3. The molecule has 156 valence electrons. The monoisotopic (exact) mass is 405 g/mol. The zero-order valence-electron chi connectivity index (χ0n) is 17.7. The molecule has 4 rings (SSSR count). The fourth-order valence-corrected chi connectivity index (χ4v) is 3.98. The van der Waals surface area contributed by atoms with Crippen LogP contribution in [0.2, 0.25) is 0 Å². The van der Waals surface area contributed by atoms with Crippen molar-refractivity contribution in [3.05, 3.63) is 60.3 Å². The van der Waals surface area contributed by atoms with Gasteiger partial charge in [0.15, 0.2) is 0 Å². The van der Waals surface area contributed by atoms with Crippen LogP contribution >= 0.6 is 0 Å². The largest absolute Gasteiger partial charge is 0.497 e. The fourth-order valence-electron chi connectivity index (χ4n) is 3.98. The molecule has 1 aliphatic heterocycles. The predicted molar refractivity (Wildman–Crippen MR) is 116 cm³/mol. The van der Waals surface area contributed by atoms with Gasteiger partial charge in [-0.05, 0) is 43.0 Å². The average molecular weight is 405 g/mol. The molecule has 1 atom stereocenters. The van der Waals surface area contributed by atoms with Gasteiger partial charge in [-0.15, -0.1) is 0 Å². The number of hydrogen-bond donors (Lipinski definition) is 0. The molecule has 3 aromatic rings. The summed E-state index contributed by atoms with van der Waals surface area (Å²) >= 11 is 0. The summed E-state index contributed by atoms with van der Waals surface area (Å²) in [6.07, 6.45) is 4.02. The Hall–Kier alpha value is -3.28. The van der Waals surface area contributed by atoms with Gasteiger partial charge < -0.3 is 14.4 Å². The van der Waals surface area contributed by atoms with E-state index in [-0.39, 0.29) is 5.91 Å². The molecule has 2 aromatic carbocycles. The molecule has 1 aliphatic rings. The first-order chi connectivity index (χ1) is 14.6. The van der Waals surface area contributed by atoms with Crippen molar-refractivity contribution >= 4 is 5.91 Å². The number of hydrogen-bond acceptors (Lipinski definition) is 4. The van der Waals surface area contributed by atoms with E-state index in [0.717, 1.165) is 37.2 Å². The summed E-state index contributed by atoms with van der Waals surface area (Å²) in [5, 5.41) is 4.80. The summed E-state index contributed by atoms with van der Waals surface area (Å²) in [7, 11) is 3.23. The second kappa shape index (κ2) is 8.61. The maximum Gasteiger partial charge on any atom is 0.257 e. The van der Waals surface area contributed by atoms with Gasteiger partial charge in [0.1, 0.15) is 17.2 Å². The van der Waals surface area contributed by atoms with Gasteiger partial charge in [0.05, 0.1) is 25.5 Å². The molecule has 2 heterocycles. The summed E-state index contributed by atoms with van der Waals surface area (Å²) in [6.45, 7) is 3.74. The number of amides is 1. The summed E-state index contributed by atoms with van der Waals surface area (Å²) in [6, 6.07) is 15.4. The van der Waals surface area contributed by atoms with Gasteiger partial charge in [-0.3, -0.25) is 4.79 Å². The fraction of sp³-hybridized carbons (Fsp3) is 0.333. The summed E-state index contributed by atoms with van der Waals surface area (Å²) in [5.41, 5.74) is 2.86. The van der Waals surface area contributed by atoms with Gasteiger partial charge >= 0.3 is 0 Å². The average Bonchev–Trinajstić information content (AvgIpc) is 3.24. The van der Waals surface area contributed by atoms with Crippen LogP contribution in [0.15, 0.2) is 54.7 Å². The van der Waals surface area contributed by atoms with E-state index < -0.39 is 0 Å². The molecule has 0 radical (unpaired) electrons. The Kier molecular flexibility index (Phi) is 5.74. The molecular formula is C24H27N3O3. The van der Waals surface area contributed by atoms with Crippen molar-refractivity contribution < 1.29 is 14.3 Å². The third-order valence-corrected chi connectivity index (χ3v) is 5.57. The predicted octanol–water partition coefficient (Wildman–Crippen LogP) is 4.43. The van der Waals surface area contributed by atoms with Crippen molar-refractivity contribution in [2.24, 2.45) is 5.92 Å². The lowest BCUT2D eigenvalue weighted by Crippen LogP contribution is -2.39. The topological polar surface area (TPSA) is 56.6 Å². The molecule has 1 fully saturated rings. The minimum atomic E-state index is 0.0107. The van der Waals surface area contributed by atoms with Gasteiger partial charge in [0, 0.05) is 30.9 Å². The van der Waals surface area contributed by atoms with E-state index in [1.54, 1.807) is 18.9 Å². The lowest BCUT2D eigenvalue weighted by Gasteiger charge is -2.30. The zero-order valence-corrected chi connectivity index (χ0v) is 17.7. The van der Waals surface area contributed by atoms with E-state index in [4.69, 9.17) is 14.6 Å². The standard InChI is InChI=1S/C24H27N3O3/c1-17-8-7-13-26(15-17)24(28)21-16-27(18-9-5-4-6-10-18)25-23(21)20-12-11-19(29-2)14-22(20)30-3/h4-6,9-12,14,16-17H,7-8,13,15H2,1-3H3. The molecule has 0 bridgehead atoms. The van der Waals surface area contributed by atoms with Crippen molar-refractivity contribution in [2.75, 3.05) is 27.3 Å².